The molecule has 0 bridgehead atoms. The average molecular weight is 427 g/mol. The summed E-state index contributed by atoms with van der Waals surface area (Å²) in [5, 5.41) is 11.4. The van der Waals surface area contributed by atoms with E-state index in [0.29, 0.717) is 12.1 Å². The van der Waals surface area contributed by atoms with Gasteiger partial charge < -0.3 is 9.73 Å². The number of halogens is 6. The number of alkyl halides is 6. The Balaban J connectivity index is 2.04. The van der Waals surface area contributed by atoms with Gasteiger partial charge >= 0.3 is 12.4 Å². The van der Waals surface area contributed by atoms with Gasteiger partial charge in [-0.2, -0.15) is 31.6 Å². The fourth-order valence-electron chi connectivity index (χ4n) is 2.78. The average Bonchev–Trinajstić information content (AvgIpc) is 3.27. The van der Waals surface area contributed by atoms with Crippen LogP contribution in [0.1, 0.15) is 32.8 Å². The Bertz CT molecular complexity index is 1100. The molecule has 11 heteroatoms. The molecule has 0 radical (unpaired) electrons. The third-order valence-electron chi connectivity index (χ3n) is 4.09. The lowest BCUT2D eigenvalue weighted by molar-refractivity contribution is -0.143. The first-order valence-corrected chi connectivity index (χ1v) is 8.19. The molecule has 0 spiro atoms. The molecule has 0 saturated carbocycles. The number of aromatic nitrogens is 1. The van der Waals surface area contributed by atoms with E-state index in [-0.39, 0.29) is 28.8 Å². The number of benzene rings is 1. The highest BCUT2D eigenvalue weighted by Gasteiger charge is 2.37. The van der Waals surface area contributed by atoms with Crippen LogP contribution < -0.4 is 5.32 Å². The van der Waals surface area contributed by atoms with Crippen LogP contribution in [-0.2, 0) is 12.4 Å². The van der Waals surface area contributed by atoms with E-state index in [9.17, 15) is 36.4 Å². The number of carbonyl (C=O) groups excluding carboxylic acids is 1. The lowest BCUT2D eigenvalue weighted by Crippen LogP contribution is -2.17. The quantitative estimate of drug-likeness (QED) is 0.558. The first-order chi connectivity index (χ1) is 13.9. The molecule has 1 aromatic carbocycles. The van der Waals surface area contributed by atoms with Crippen LogP contribution in [0, 0.1) is 18.3 Å². The van der Waals surface area contributed by atoms with Crippen molar-refractivity contribution in [1.29, 1.82) is 5.26 Å². The van der Waals surface area contributed by atoms with Crippen LogP contribution in [-0.4, -0.2) is 10.5 Å². The van der Waals surface area contributed by atoms with Crippen LogP contribution in [0.3, 0.4) is 0 Å². The number of aryl methyl sites for hydroxylation is 1. The second kappa shape index (κ2) is 7.29. The summed E-state index contributed by atoms with van der Waals surface area (Å²) < 4.78 is 84.8. The van der Waals surface area contributed by atoms with Gasteiger partial charge in [-0.05, 0) is 37.3 Å². The molecule has 2 aromatic heterocycles. The van der Waals surface area contributed by atoms with Crippen LogP contribution in [0.25, 0.3) is 5.88 Å². The Kier molecular flexibility index (Phi) is 5.11. The van der Waals surface area contributed by atoms with Crippen LogP contribution in [0.15, 0.2) is 47.1 Å². The van der Waals surface area contributed by atoms with Gasteiger partial charge in [-0.25, -0.2) is 0 Å². The Labute approximate surface area is 165 Å². The fourth-order valence-corrected chi connectivity index (χ4v) is 2.78. The molecule has 0 saturated heterocycles. The minimum Gasteiger partial charge on any atom is -0.443 e. The molecule has 0 fully saturated rings. The molecular formula is C19H11F6N3O2. The fraction of sp³-hybridized carbons (Fsp3) is 0.158. The van der Waals surface area contributed by atoms with Crippen molar-refractivity contribution in [3.63, 3.8) is 0 Å². The molecule has 156 valence electrons. The minimum atomic E-state index is -5.06. The smallest absolute Gasteiger partial charge is 0.416 e. The molecule has 5 nitrogen and oxygen atoms in total. The molecule has 2 heterocycles. The Morgan fingerprint density at radius 3 is 2.03 bits per heavy atom. The largest absolute Gasteiger partial charge is 0.443 e. The first-order valence-electron chi connectivity index (χ1n) is 8.19. The maximum Gasteiger partial charge on any atom is 0.416 e. The third-order valence-corrected chi connectivity index (χ3v) is 4.09. The second-order valence-corrected chi connectivity index (χ2v) is 6.16. The summed E-state index contributed by atoms with van der Waals surface area (Å²) in [7, 11) is 0. The Hall–Kier alpha value is -3.68. The van der Waals surface area contributed by atoms with Crippen molar-refractivity contribution < 1.29 is 35.6 Å². The number of nitrogens with zero attached hydrogens (tertiary/aromatic N) is 2. The highest BCUT2D eigenvalue weighted by Crippen LogP contribution is 2.38. The van der Waals surface area contributed by atoms with Crippen LogP contribution in [0.4, 0.5) is 32.0 Å². The summed E-state index contributed by atoms with van der Waals surface area (Å²) in [6.45, 7) is 1.34. The molecule has 3 aromatic rings. The van der Waals surface area contributed by atoms with Gasteiger partial charge in [-0.15, -0.1) is 0 Å². The lowest BCUT2D eigenvalue weighted by Gasteiger charge is -2.14. The van der Waals surface area contributed by atoms with E-state index in [1.54, 1.807) is 18.2 Å². The van der Waals surface area contributed by atoms with Gasteiger partial charge in [0.25, 0.3) is 5.91 Å². The maximum absolute atomic E-state index is 13.0. The predicted octanol–water partition coefficient (Wildman–Crippen LogP) is 5.54. The number of rotatable bonds is 3. The molecule has 0 unspecified atom stereocenters. The molecular weight excluding hydrogens is 416 g/mol. The van der Waals surface area contributed by atoms with E-state index in [1.807, 2.05) is 5.32 Å². The van der Waals surface area contributed by atoms with E-state index in [1.165, 1.54) is 23.9 Å². The maximum atomic E-state index is 13.0. The van der Waals surface area contributed by atoms with E-state index in [2.05, 4.69) is 0 Å². The predicted molar refractivity (Wildman–Crippen MR) is 91.9 cm³/mol. The van der Waals surface area contributed by atoms with Crippen molar-refractivity contribution in [3.05, 3.63) is 70.7 Å². The standard InChI is InChI=1S/C19H11F6N3O2/c1-10-15(14(9-26)17(30-10)28-4-2-3-5-28)16(29)27-13-7-11(18(20,21)22)6-12(8-13)19(23,24)25/h2-8H,1H3,(H,27,29). The number of amides is 1. The van der Waals surface area contributed by atoms with Gasteiger partial charge in [0.05, 0.1) is 11.1 Å². The van der Waals surface area contributed by atoms with E-state index >= 15 is 0 Å². The van der Waals surface area contributed by atoms with Crippen LogP contribution in [0.2, 0.25) is 0 Å². The number of anilines is 1. The summed E-state index contributed by atoms with van der Waals surface area (Å²) in [6, 6.07) is 5.73. The van der Waals surface area contributed by atoms with Crippen molar-refractivity contribution in [2.45, 2.75) is 19.3 Å². The highest BCUT2D eigenvalue weighted by molar-refractivity contribution is 6.07. The summed E-state index contributed by atoms with van der Waals surface area (Å²) in [5.41, 5.74) is -4.40. The lowest BCUT2D eigenvalue weighted by atomic mass is 10.1. The molecule has 0 aliphatic heterocycles. The molecule has 0 atom stereocenters. The summed E-state index contributed by atoms with van der Waals surface area (Å²) in [6.07, 6.45) is -7.07. The highest BCUT2D eigenvalue weighted by atomic mass is 19.4. The van der Waals surface area contributed by atoms with Crippen molar-refractivity contribution in [3.8, 4) is 12.0 Å². The Morgan fingerprint density at radius 1 is 1.03 bits per heavy atom. The van der Waals surface area contributed by atoms with Gasteiger partial charge in [0.1, 0.15) is 23.0 Å². The van der Waals surface area contributed by atoms with Crippen LogP contribution in [0.5, 0.6) is 0 Å². The normalized spacial score (nSPS) is 11.9. The third kappa shape index (κ3) is 4.03. The summed E-state index contributed by atoms with van der Waals surface area (Å²) >= 11 is 0. The number of nitrogens with one attached hydrogen (secondary N) is 1. The molecule has 0 aliphatic rings. The van der Waals surface area contributed by atoms with E-state index in [0.717, 1.165) is 0 Å². The molecule has 1 N–H and O–H groups in total. The zero-order chi connectivity index (χ0) is 22.3. The SMILES string of the molecule is Cc1oc(-n2cccc2)c(C#N)c1C(=O)Nc1cc(C(F)(F)F)cc(C(F)(F)F)c1. The summed E-state index contributed by atoms with van der Waals surface area (Å²) in [4.78, 5) is 12.6. The number of hydrogen-bond acceptors (Lipinski definition) is 3. The monoisotopic (exact) mass is 427 g/mol. The number of hydrogen-bond donors (Lipinski definition) is 1. The first kappa shape index (κ1) is 21.0. The number of nitriles is 1. The van der Waals surface area contributed by atoms with Crippen molar-refractivity contribution in [1.82, 2.24) is 4.57 Å². The van der Waals surface area contributed by atoms with Gasteiger partial charge in [0.2, 0.25) is 5.88 Å². The topological polar surface area (TPSA) is 71.0 Å². The summed E-state index contributed by atoms with van der Waals surface area (Å²) in [5.74, 6) is -1.13. The Morgan fingerprint density at radius 2 is 1.57 bits per heavy atom. The van der Waals surface area contributed by atoms with Gasteiger partial charge in [0, 0.05) is 18.1 Å². The number of carbonyl (C=O) groups is 1. The van der Waals surface area contributed by atoms with Crippen LogP contribution >= 0.6 is 0 Å². The minimum absolute atomic E-state index is 0.00910. The second-order valence-electron chi connectivity index (χ2n) is 6.16. The van der Waals surface area contributed by atoms with E-state index in [4.69, 9.17) is 4.42 Å². The van der Waals surface area contributed by atoms with E-state index < -0.39 is 35.1 Å². The van der Waals surface area contributed by atoms with Crippen molar-refractivity contribution in [2.24, 2.45) is 0 Å². The van der Waals surface area contributed by atoms with Crippen molar-refractivity contribution >= 4 is 11.6 Å². The number of furan rings is 1. The van der Waals surface area contributed by atoms with Gasteiger partial charge in [0.15, 0.2) is 0 Å². The molecule has 0 aliphatic carbocycles. The zero-order valence-corrected chi connectivity index (χ0v) is 15.0. The van der Waals surface area contributed by atoms with Gasteiger partial charge in [-0.1, -0.05) is 0 Å². The molecule has 3 rings (SSSR count). The van der Waals surface area contributed by atoms with Crippen molar-refractivity contribution in [2.75, 3.05) is 5.32 Å². The van der Waals surface area contributed by atoms with Gasteiger partial charge in [-0.3, -0.25) is 9.36 Å². The molecule has 1 amide bonds. The zero-order valence-electron chi connectivity index (χ0n) is 15.0. The molecule has 30 heavy (non-hydrogen) atoms.